The lowest BCUT2D eigenvalue weighted by molar-refractivity contribution is -0.123. The first-order valence-corrected chi connectivity index (χ1v) is 11.0. The van der Waals surface area contributed by atoms with Crippen molar-refractivity contribution in [3.63, 3.8) is 0 Å². The maximum Gasteiger partial charge on any atom is 0.234 e. The van der Waals surface area contributed by atoms with Gasteiger partial charge in [-0.25, -0.2) is 0 Å². The van der Waals surface area contributed by atoms with E-state index in [0.717, 1.165) is 56.3 Å². The normalized spacial score (nSPS) is 23.9. The Morgan fingerprint density at radius 2 is 2.07 bits per heavy atom. The van der Waals surface area contributed by atoms with Gasteiger partial charge >= 0.3 is 0 Å². The fourth-order valence-electron chi connectivity index (χ4n) is 5.09. The standard InChI is InChI=1S/C24H31N5O/c1-17-12-19(21-6-5-18(13-25)24-22(21)4-3-9-26-24)15-29(14-17)16-23(30)27-20-7-10-28(2)11-8-20/h3-6,9,17,19-20H,7-8,10-12,14-16H2,1-2H3,(H,27,30)/t17-,19-/m0/s1. The largest absolute Gasteiger partial charge is 0.352 e. The number of nitrogens with one attached hydrogen (secondary N) is 1. The first-order chi connectivity index (χ1) is 14.5. The van der Waals surface area contributed by atoms with Gasteiger partial charge in [-0.05, 0) is 68.9 Å². The average Bonchev–Trinajstić information content (AvgIpc) is 2.74. The van der Waals surface area contributed by atoms with E-state index in [1.54, 1.807) is 6.20 Å². The van der Waals surface area contributed by atoms with Crippen LogP contribution in [-0.4, -0.2) is 66.5 Å². The molecule has 158 valence electrons. The van der Waals surface area contributed by atoms with Gasteiger partial charge < -0.3 is 10.2 Å². The zero-order valence-electron chi connectivity index (χ0n) is 18.0. The molecular weight excluding hydrogens is 374 g/mol. The highest BCUT2D eigenvalue weighted by Crippen LogP contribution is 2.34. The van der Waals surface area contributed by atoms with E-state index in [4.69, 9.17) is 0 Å². The topological polar surface area (TPSA) is 72.3 Å². The number of rotatable bonds is 4. The second kappa shape index (κ2) is 9.11. The van der Waals surface area contributed by atoms with Gasteiger partial charge in [0.2, 0.25) is 5.91 Å². The van der Waals surface area contributed by atoms with Crippen molar-refractivity contribution in [1.82, 2.24) is 20.1 Å². The van der Waals surface area contributed by atoms with Crippen LogP contribution in [0.25, 0.3) is 10.9 Å². The van der Waals surface area contributed by atoms with Crippen LogP contribution in [0.15, 0.2) is 30.5 Å². The molecule has 1 N–H and O–H groups in total. The number of amides is 1. The molecule has 2 saturated heterocycles. The second-order valence-corrected chi connectivity index (χ2v) is 9.09. The minimum atomic E-state index is 0.142. The van der Waals surface area contributed by atoms with Crippen LogP contribution in [-0.2, 0) is 4.79 Å². The zero-order valence-corrected chi connectivity index (χ0v) is 18.0. The van der Waals surface area contributed by atoms with E-state index in [-0.39, 0.29) is 5.91 Å². The van der Waals surface area contributed by atoms with Crippen molar-refractivity contribution in [2.24, 2.45) is 5.92 Å². The van der Waals surface area contributed by atoms with Gasteiger partial charge in [0.25, 0.3) is 0 Å². The number of likely N-dealkylation sites (tertiary alicyclic amines) is 2. The first-order valence-electron chi connectivity index (χ1n) is 11.0. The van der Waals surface area contributed by atoms with Crippen LogP contribution in [0.1, 0.15) is 43.2 Å². The van der Waals surface area contributed by atoms with Crippen LogP contribution in [0.5, 0.6) is 0 Å². The molecule has 3 heterocycles. The predicted molar refractivity (Wildman–Crippen MR) is 118 cm³/mol. The lowest BCUT2D eigenvalue weighted by Gasteiger charge is -2.37. The number of carbonyl (C=O) groups excluding carboxylic acids is 1. The Balaban J connectivity index is 1.46. The van der Waals surface area contributed by atoms with Crippen LogP contribution >= 0.6 is 0 Å². The molecule has 0 radical (unpaired) electrons. The monoisotopic (exact) mass is 405 g/mol. The average molecular weight is 406 g/mol. The van der Waals surface area contributed by atoms with Crippen molar-refractivity contribution in [1.29, 1.82) is 5.26 Å². The van der Waals surface area contributed by atoms with Gasteiger partial charge in [-0.2, -0.15) is 5.26 Å². The van der Waals surface area contributed by atoms with E-state index in [1.807, 2.05) is 12.1 Å². The van der Waals surface area contributed by atoms with E-state index in [9.17, 15) is 10.1 Å². The highest BCUT2D eigenvalue weighted by atomic mass is 16.2. The molecule has 30 heavy (non-hydrogen) atoms. The molecular formula is C24H31N5O. The number of piperidine rings is 2. The Hall–Kier alpha value is -2.49. The molecule has 4 rings (SSSR count). The highest BCUT2D eigenvalue weighted by Gasteiger charge is 2.29. The molecule has 0 saturated carbocycles. The van der Waals surface area contributed by atoms with E-state index in [2.05, 4.69) is 52.3 Å². The third-order valence-corrected chi connectivity index (χ3v) is 6.55. The summed E-state index contributed by atoms with van der Waals surface area (Å²) in [5, 5.41) is 13.7. The smallest absolute Gasteiger partial charge is 0.234 e. The van der Waals surface area contributed by atoms with Gasteiger partial charge in [0.05, 0.1) is 17.6 Å². The molecule has 1 aromatic heterocycles. The lowest BCUT2D eigenvalue weighted by atomic mass is 9.83. The quantitative estimate of drug-likeness (QED) is 0.847. The number of benzene rings is 1. The summed E-state index contributed by atoms with van der Waals surface area (Å²) in [6.45, 7) is 6.63. The van der Waals surface area contributed by atoms with Crippen molar-refractivity contribution in [2.75, 3.05) is 39.8 Å². The summed E-state index contributed by atoms with van der Waals surface area (Å²) in [6.07, 6.45) is 4.90. The van der Waals surface area contributed by atoms with Crippen molar-refractivity contribution < 1.29 is 4.79 Å². The molecule has 6 heteroatoms. The van der Waals surface area contributed by atoms with Crippen LogP contribution < -0.4 is 5.32 Å². The number of nitrogens with zero attached hydrogens (tertiary/aromatic N) is 4. The summed E-state index contributed by atoms with van der Waals surface area (Å²) in [6, 6.07) is 10.5. The molecule has 0 aliphatic carbocycles. The van der Waals surface area contributed by atoms with E-state index in [0.29, 0.717) is 30.0 Å². The Morgan fingerprint density at radius 3 is 2.83 bits per heavy atom. The van der Waals surface area contributed by atoms with Crippen molar-refractivity contribution in [3.05, 3.63) is 41.6 Å². The maximum absolute atomic E-state index is 12.7. The first kappa shape index (κ1) is 20.8. The Bertz CT molecular complexity index is 944. The number of nitriles is 1. The van der Waals surface area contributed by atoms with E-state index in [1.165, 1.54) is 5.56 Å². The molecule has 2 fully saturated rings. The SMILES string of the molecule is C[C@H]1C[C@H](c2ccc(C#N)c3ncccc23)CN(CC(=O)NC2CCN(C)CC2)C1. The summed E-state index contributed by atoms with van der Waals surface area (Å²) in [5.74, 6) is 0.996. The van der Waals surface area contributed by atoms with Crippen molar-refractivity contribution in [3.8, 4) is 6.07 Å². The number of pyridine rings is 1. The summed E-state index contributed by atoms with van der Waals surface area (Å²) < 4.78 is 0. The summed E-state index contributed by atoms with van der Waals surface area (Å²) in [4.78, 5) is 21.8. The summed E-state index contributed by atoms with van der Waals surface area (Å²) in [7, 11) is 2.13. The molecule has 2 atom stereocenters. The number of fused-ring (bicyclic) bond motifs is 1. The Labute approximate surface area is 178 Å². The maximum atomic E-state index is 12.7. The fraction of sp³-hybridized carbons (Fsp3) is 0.542. The van der Waals surface area contributed by atoms with Crippen molar-refractivity contribution in [2.45, 2.75) is 38.1 Å². The summed E-state index contributed by atoms with van der Waals surface area (Å²) in [5.41, 5.74) is 2.64. The third-order valence-electron chi connectivity index (χ3n) is 6.55. The summed E-state index contributed by atoms with van der Waals surface area (Å²) >= 11 is 0. The number of carbonyl (C=O) groups is 1. The zero-order chi connectivity index (χ0) is 21.1. The van der Waals surface area contributed by atoms with Gasteiger partial charge in [-0.1, -0.05) is 19.1 Å². The van der Waals surface area contributed by atoms with Gasteiger partial charge in [-0.3, -0.25) is 14.7 Å². The molecule has 1 aromatic carbocycles. The molecule has 1 amide bonds. The lowest BCUT2D eigenvalue weighted by Crippen LogP contribution is -2.49. The molecule has 6 nitrogen and oxygen atoms in total. The fourth-order valence-corrected chi connectivity index (χ4v) is 5.09. The molecule has 2 aliphatic heterocycles. The van der Waals surface area contributed by atoms with Gasteiger partial charge in [0, 0.05) is 30.7 Å². The molecule has 2 aromatic rings. The molecule has 0 bridgehead atoms. The third kappa shape index (κ3) is 4.63. The van der Waals surface area contributed by atoms with Crippen LogP contribution in [0.4, 0.5) is 0 Å². The van der Waals surface area contributed by atoms with Gasteiger partial charge in [0.15, 0.2) is 0 Å². The van der Waals surface area contributed by atoms with E-state index < -0.39 is 0 Å². The molecule has 0 unspecified atom stereocenters. The number of aromatic nitrogens is 1. The van der Waals surface area contributed by atoms with Crippen LogP contribution in [0, 0.1) is 17.2 Å². The Kier molecular flexibility index (Phi) is 6.31. The predicted octanol–water partition coefficient (Wildman–Crippen LogP) is 2.74. The van der Waals surface area contributed by atoms with Crippen LogP contribution in [0.2, 0.25) is 0 Å². The molecule has 2 aliphatic rings. The number of hydrogen-bond donors (Lipinski definition) is 1. The minimum absolute atomic E-state index is 0.142. The second-order valence-electron chi connectivity index (χ2n) is 9.09. The van der Waals surface area contributed by atoms with Gasteiger partial charge in [0.1, 0.15) is 6.07 Å². The van der Waals surface area contributed by atoms with Crippen LogP contribution in [0.3, 0.4) is 0 Å². The number of hydrogen-bond acceptors (Lipinski definition) is 5. The minimum Gasteiger partial charge on any atom is -0.352 e. The van der Waals surface area contributed by atoms with E-state index >= 15 is 0 Å². The van der Waals surface area contributed by atoms with Gasteiger partial charge in [-0.15, -0.1) is 0 Å². The Morgan fingerprint density at radius 1 is 1.27 bits per heavy atom. The molecule has 0 spiro atoms. The highest BCUT2D eigenvalue weighted by molar-refractivity contribution is 5.87. The van der Waals surface area contributed by atoms with Crippen molar-refractivity contribution >= 4 is 16.8 Å².